The number of benzene rings is 1. The number of esters is 1. The third kappa shape index (κ3) is 8.33. The highest BCUT2D eigenvalue weighted by Gasteiger charge is 2.58. The van der Waals surface area contributed by atoms with E-state index in [2.05, 4.69) is 16.8 Å². The summed E-state index contributed by atoms with van der Waals surface area (Å²) >= 11 is 1.49. The Kier molecular flexibility index (Phi) is 10.7. The predicted octanol–water partition coefficient (Wildman–Crippen LogP) is 6.88. The van der Waals surface area contributed by atoms with Crippen LogP contribution in [-0.4, -0.2) is 70.8 Å². The fourth-order valence-corrected chi connectivity index (χ4v) is 8.00. The summed E-state index contributed by atoms with van der Waals surface area (Å²) in [4.78, 5) is 55.3. The molecule has 0 bridgehead atoms. The molecule has 4 fully saturated rings. The van der Waals surface area contributed by atoms with E-state index in [0.717, 1.165) is 55.7 Å². The lowest BCUT2D eigenvalue weighted by Gasteiger charge is -2.35. The molecule has 9 nitrogen and oxygen atoms in total. The van der Waals surface area contributed by atoms with Gasteiger partial charge in [0.15, 0.2) is 5.16 Å². The minimum Gasteiger partial charge on any atom is -0.462 e. The number of hydrogen-bond donors (Lipinski definition) is 1. The topological polar surface area (TPSA) is 105 Å². The number of rotatable bonds is 14. The van der Waals surface area contributed by atoms with Crippen LogP contribution >= 0.6 is 11.8 Å². The largest absolute Gasteiger partial charge is 0.462 e. The molecule has 0 radical (unpaired) electrons. The summed E-state index contributed by atoms with van der Waals surface area (Å²) in [5.41, 5.74) is 0.896. The Morgan fingerprint density at radius 1 is 1.12 bits per heavy atom. The number of ether oxygens (including phenoxy) is 1. The molecule has 1 saturated heterocycles. The van der Waals surface area contributed by atoms with Gasteiger partial charge in [0.2, 0.25) is 11.8 Å². The van der Waals surface area contributed by atoms with Crippen molar-refractivity contribution in [3.05, 3.63) is 49.1 Å². The molecule has 1 aromatic heterocycles. The maximum absolute atomic E-state index is 14.7. The quantitative estimate of drug-likeness (QED) is 0.0993. The molecule has 0 spiro atoms. The van der Waals surface area contributed by atoms with Crippen molar-refractivity contribution in [3.63, 3.8) is 0 Å². The first-order chi connectivity index (χ1) is 23.5. The van der Waals surface area contributed by atoms with Gasteiger partial charge in [0.25, 0.3) is 0 Å². The van der Waals surface area contributed by atoms with E-state index in [4.69, 9.17) is 14.7 Å². The summed E-state index contributed by atoms with van der Waals surface area (Å²) in [7, 11) is 0. The van der Waals surface area contributed by atoms with E-state index < -0.39 is 16.7 Å². The van der Waals surface area contributed by atoms with Crippen LogP contribution in [0.5, 0.6) is 0 Å². The van der Waals surface area contributed by atoms with Crippen LogP contribution in [0.2, 0.25) is 0 Å². The summed E-state index contributed by atoms with van der Waals surface area (Å²) < 4.78 is 5.85. The van der Waals surface area contributed by atoms with Crippen LogP contribution in [0.25, 0.3) is 11.3 Å². The highest BCUT2D eigenvalue weighted by Crippen LogP contribution is 2.57. The maximum Gasteiger partial charge on any atom is 0.306 e. The molecule has 49 heavy (non-hydrogen) atoms. The van der Waals surface area contributed by atoms with Gasteiger partial charge >= 0.3 is 5.97 Å². The highest BCUT2D eigenvalue weighted by atomic mass is 32.2. The Labute approximate surface area is 296 Å². The SMILES string of the molecule is C=C[C@@H]1C[C@]1(CC[C@@H]1CN(c2cc(-c3ccccc3)nc(SC)n2)CN1C(=O)[C@@H](CC(=O)OC1CCCC1)C(C)(C)C)C(=O)NCC1CC1. The van der Waals surface area contributed by atoms with Crippen LogP contribution in [0.1, 0.15) is 85.0 Å². The molecule has 1 N–H and O–H groups in total. The number of carbonyl (C=O) groups is 3. The Morgan fingerprint density at radius 3 is 2.49 bits per heavy atom. The first-order valence-electron chi connectivity index (χ1n) is 18.1. The van der Waals surface area contributed by atoms with E-state index in [0.29, 0.717) is 37.1 Å². The van der Waals surface area contributed by atoms with Crippen LogP contribution < -0.4 is 10.2 Å². The molecule has 3 saturated carbocycles. The minimum absolute atomic E-state index is 0.0425. The normalized spacial score (nSPS) is 24.5. The highest BCUT2D eigenvalue weighted by molar-refractivity contribution is 7.98. The second-order valence-corrected chi connectivity index (χ2v) is 16.5. The zero-order valence-electron chi connectivity index (χ0n) is 29.7. The van der Waals surface area contributed by atoms with Crippen LogP contribution in [0, 0.1) is 28.6 Å². The van der Waals surface area contributed by atoms with Crippen molar-refractivity contribution in [2.24, 2.45) is 28.6 Å². The molecule has 1 aliphatic heterocycles. The van der Waals surface area contributed by atoms with E-state index >= 15 is 0 Å². The van der Waals surface area contributed by atoms with Gasteiger partial charge in [-0.3, -0.25) is 14.4 Å². The van der Waals surface area contributed by atoms with Crippen LogP contribution in [0.4, 0.5) is 5.82 Å². The number of anilines is 1. The Bertz CT molecular complexity index is 1520. The average Bonchev–Trinajstić information content (AvgIpc) is 3.96. The molecule has 2 amide bonds. The zero-order chi connectivity index (χ0) is 34.8. The summed E-state index contributed by atoms with van der Waals surface area (Å²) in [6.45, 7) is 11.8. The van der Waals surface area contributed by atoms with Gasteiger partial charge in [-0.05, 0) is 81.3 Å². The summed E-state index contributed by atoms with van der Waals surface area (Å²) in [5, 5.41) is 3.90. The van der Waals surface area contributed by atoms with Crippen molar-refractivity contribution in [2.45, 2.75) is 102 Å². The monoisotopic (exact) mass is 687 g/mol. The summed E-state index contributed by atoms with van der Waals surface area (Å²) in [5.74, 6) is 0.737. The van der Waals surface area contributed by atoms with Crippen LogP contribution in [0.3, 0.4) is 0 Å². The number of aromatic nitrogens is 2. The van der Waals surface area contributed by atoms with Crippen LogP contribution in [0.15, 0.2) is 54.2 Å². The number of nitrogens with zero attached hydrogens (tertiary/aromatic N) is 4. The lowest BCUT2D eigenvalue weighted by Crippen LogP contribution is -2.46. The van der Waals surface area contributed by atoms with E-state index in [1.54, 1.807) is 0 Å². The van der Waals surface area contributed by atoms with Crippen molar-refractivity contribution < 1.29 is 19.1 Å². The number of amides is 2. The molecule has 6 rings (SSSR count). The predicted molar refractivity (Wildman–Crippen MR) is 194 cm³/mol. The molecule has 264 valence electrons. The smallest absolute Gasteiger partial charge is 0.306 e. The molecule has 2 aromatic rings. The first-order valence-corrected chi connectivity index (χ1v) is 19.4. The lowest BCUT2D eigenvalue weighted by atomic mass is 9.77. The van der Waals surface area contributed by atoms with Crippen molar-refractivity contribution in [1.82, 2.24) is 20.2 Å². The van der Waals surface area contributed by atoms with Gasteiger partial charge in [-0.2, -0.15) is 0 Å². The molecule has 4 aliphatic rings. The summed E-state index contributed by atoms with van der Waals surface area (Å²) in [6, 6.07) is 11.9. The van der Waals surface area contributed by atoms with Crippen molar-refractivity contribution in [3.8, 4) is 11.3 Å². The van der Waals surface area contributed by atoms with Gasteiger partial charge in [-0.15, -0.1) is 6.58 Å². The van der Waals surface area contributed by atoms with Gasteiger partial charge in [-0.1, -0.05) is 68.9 Å². The van der Waals surface area contributed by atoms with Crippen molar-refractivity contribution >= 4 is 35.4 Å². The van der Waals surface area contributed by atoms with E-state index in [-0.39, 0.29) is 42.3 Å². The van der Waals surface area contributed by atoms with Gasteiger partial charge in [0, 0.05) is 24.7 Å². The molecule has 10 heteroatoms. The first kappa shape index (κ1) is 35.4. The van der Waals surface area contributed by atoms with E-state index in [9.17, 15) is 14.4 Å². The number of hydrogen-bond acceptors (Lipinski definition) is 8. The molecular weight excluding hydrogens is 635 g/mol. The minimum atomic E-state index is -0.548. The Balaban J connectivity index is 1.26. The standard InChI is InChI=1S/C39H53N5O4S/c1-6-28-22-39(28,36(47)40-23-26-16-17-26)19-18-29-24-43(33-21-32(41-37(42-33)49-5)27-12-8-7-9-13-27)25-44(29)35(46)31(38(2,3)4)20-34(45)48-30-14-10-11-15-30/h6-9,12-13,21,26,28-31H,1,10-11,14-20,22-25H2,2-5H3,(H,40,47)/t28-,29-,31-,39+/m1/s1. The molecular formula is C39H53N5O4S. The Hall–Kier alpha value is -3.40. The van der Waals surface area contributed by atoms with Crippen LogP contribution in [-0.2, 0) is 19.1 Å². The van der Waals surface area contributed by atoms with Crippen molar-refractivity contribution in [2.75, 3.05) is 30.9 Å². The third-order valence-corrected chi connectivity index (χ3v) is 11.7. The maximum atomic E-state index is 14.7. The second kappa shape index (κ2) is 14.8. The lowest BCUT2D eigenvalue weighted by molar-refractivity contribution is -0.156. The number of thioether (sulfide) groups is 1. The molecule has 0 unspecified atom stereocenters. The van der Waals surface area contributed by atoms with Gasteiger partial charge in [-0.25, -0.2) is 9.97 Å². The fourth-order valence-electron chi connectivity index (χ4n) is 7.63. The number of nitrogens with one attached hydrogen (secondary N) is 1. The second-order valence-electron chi connectivity index (χ2n) is 15.7. The molecule has 4 atom stereocenters. The van der Waals surface area contributed by atoms with Gasteiger partial charge in [0.05, 0.1) is 36.2 Å². The summed E-state index contributed by atoms with van der Waals surface area (Å²) in [6.07, 6.45) is 12.3. The number of carbonyl (C=O) groups excluding carboxylic acids is 3. The van der Waals surface area contributed by atoms with Gasteiger partial charge in [0.1, 0.15) is 11.9 Å². The molecule has 3 aliphatic carbocycles. The van der Waals surface area contributed by atoms with E-state index in [1.165, 1.54) is 24.6 Å². The van der Waals surface area contributed by atoms with Crippen molar-refractivity contribution in [1.29, 1.82) is 0 Å². The molecule has 1 aromatic carbocycles. The average molecular weight is 688 g/mol. The fraction of sp³-hybridized carbons (Fsp3) is 0.615. The zero-order valence-corrected chi connectivity index (χ0v) is 30.5. The van der Waals surface area contributed by atoms with E-state index in [1.807, 2.05) is 74.4 Å². The third-order valence-electron chi connectivity index (χ3n) is 11.1. The number of allylic oxidation sites excluding steroid dienone is 1. The van der Waals surface area contributed by atoms with Gasteiger partial charge < -0.3 is 19.9 Å². The Morgan fingerprint density at radius 2 is 1.86 bits per heavy atom. The molecule has 2 heterocycles.